The molecule has 2 aromatic carbocycles. The Bertz CT molecular complexity index is 1380. The third kappa shape index (κ3) is 4.60. The number of benzene rings is 2. The third-order valence-corrected chi connectivity index (χ3v) is 7.88. The summed E-state index contributed by atoms with van der Waals surface area (Å²) in [6.45, 7) is 2.51. The minimum atomic E-state index is -0.144. The van der Waals surface area contributed by atoms with Gasteiger partial charge in [-0.2, -0.15) is 0 Å². The fraction of sp³-hybridized carbons (Fsp3) is 0.269. The van der Waals surface area contributed by atoms with Gasteiger partial charge in [-0.25, -0.2) is 4.98 Å². The van der Waals surface area contributed by atoms with Crippen LogP contribution in [0.25, 0.3) is 15.9 Å². The average molecular weight is 492 g/mol. The second-order valence-electron chi connectivity index (χ2n) is 8.06. The molecule has 0 spiro atoms. The molecular formula is C26H25N3O3S2. The minimum Gasteiger partial charge on any atom is -0.494 e. The molecule has 4 aromatic rings. The van der Waals surface area contributed by atoms with Crippen LogP contribution in [0, 0.1) is 0 Å². The van der Waals surface area contributed by atoms with Gasteiger partial charge in [0.05, 0.1) is 23.4 Å². The van der Waals surface area contributed by atoms with E-state index in [1.807, 2.05) is 61.5 Å². The fourth-order valence-corrected chi connectivity index (χ4v) is 6.33. The van der Waals surface area contributed by atoms with Crippen molar-refractivity contribution in [1.82, 2.24) is 9.55 Å². The number of aryl methyl sites for hydroxylation is 2. The fourth-order valence-electron chi connectivity index (χ4n) is 4.22. The zero-order valence-electron chi connectivity index (χ0n) is 18.9. The van der Waals surface area contributed by atoms with E-state index in [1.54, 1.807) is 15.9 Å². The normalized spacial score (nSPS) is 13.0. The highest BCUT2D eigenvalue weighted by Gasteiger charge is 2.23. The minimum absolute atomic E-state index is 0.0699. The van der Waals surface area contributed by atoms with E-state index in [2.05, 4.69) is 5.32 Å². The lowest BCUT2D eigenvalue weighted by Gasteiger charge is -2.14. The van der Waals surface area contributed by atoms with Crippen LogP contribution in [0.5, 0.6) is 5.75 Å². The van der Waals surface area contributed by atoms with Crippen molar-refractivity contribution in [1.29, 1.82) is 0 Å². The van der Waals surface area contributed by atoms with Gasteiger partial charge in [0.1, 0.15) is 10.6 Å². The summed E-state index contributed by atoms with van der Waals surface area (Å²) in [4.78, 5) is 33.3. The molecule has 0 saturated carbocycles. The molecule has 0 saturated heterocycles. The molecule has 0 radical (unpaired) electrons. The predicted octanol–water partition coefficient (Wildman–Crippen LogP) is 5.46. The lowest BCUT2D eigenvalue weighted by molar-refractivity contribution is -0.113. The van der Waals surface area contributed by atoms with Crippen LogP contribution >= 0.6 is 23.1 Å². The molecule has 8 heteroatoms. The lowest BCUT2D eigenvalue weighted by Crippen LogP contribution is -2.23. The van der Waals surface area contributed by atoms with Crippen LogP contribution < -0.4 is 15.6 Å². The van der Waals surface area contributed by atoms with Gasteiger partial charge in [-0.1, -0.05) is 30.0 Å². The summed E-state index contributed by atoms with van der Waals surface area (Å²) in [5, 5.41) is 4.14. The Morgan fingerprint density at radius 1 is 1.12 bits per heavy atom. The van der Waals surface area contributed by atoms with Gasteiger partial charge in [-0.05, 0) is 74.6 Å². The largest absolute Gasteiger partial charge is 0.494 e. The summed E-state index contributed by atoms with van der Waals surface area (Å²) in [5.74, 6) is 0.751. The van der Waals surface area contributed by atoms with Gasteiger partial charge in [0, 0.05) is 10.6 Å². The second-order valence-corrected chi connectivity index (χ2v) is 10.1. The molecule has 1 aliphatic carbocycles. The van der Waals surface area contributed by atoms with E-state index in [0.29, 0.717) is 17.5 Å². The summed E-state index contributed by atoms with van der Waals surface area (Å²) in [5.41, 5.74) is 2.54. The molecule has 1 aliphatic rings. The van der Waals surface area contributed by atoms with Crippen LogP contribution in [0.4, 0.5) is 5.69 Å². The molecule has 1 N–H and O–H groups in total. The molecule has 0 bridgehead atoms. The Morgan fingerprint density at radius 2 is 1.88 bits per heavy atom. The number of fused-ring (bicyclic) bond motifs is 3. The molecule has 174 valence electrons. The van der Waals surface area contributed by atoms with Crippen molar-refractivity contribution in [3.05, 3.63) is 75.4 Å². The highest BCUT2D eigenvalue weighted by atomic mass is 32.2. The van der Waals surface area contributed by atoms with Crippen molar-refractivity contribution in [2.24, 2.45) is 0 Å². The van der Waals surface area contributed by atoms with E-state index in [1.165, 1.54) is 16.6 Å². The first-order chi connectivity index (χ1) is 16.6. The van der Waals surface area contributed by atoms with Crippen molar-refractivity contribution in [3.63, 3.8) is 0 Å². The van der Waals surface area contributed by atoms with Crippen molar-refractivity contribution >= 4 is 44.9 Å². The number of thioether (sulfide) groups is 1. The van der Waals surface area contributed by atoms with Gasteiger partial charge < -0.3 is 10.1 Å². The number of hydrogen-bond acceptors (Lipinski definition) is 6. The molecule has 0 unspecified atom stereocenters. The summed E-state index contributed by atoms with van der Waals surface area (Å²) in [6, 6.07) is 16.8. The summed E-state index contributed by atoms with van der Waals surface area (Å²) in [6.07, 6.45) is 4.16. The number of carbonyl (C=O) groups is 1. The van der Waals surface area contributed by atoms with Gasteiger partial charge in [0.2, 0.25) is 5.91 Å². The SMILES string of the molecule is CCOc1ccc(-n2c(SCC(=O)Nc3ccccc3)nc3sc4c(c3c2=O)CCCC4)cc1. The zero-order chi connectivity index (χ0) is 23.5. The Hall–Kier alpha value is -3.10. The molecule has 0 fully saturated rings. The molecule has 34 heavy (non-hydrogen) atoms. The van der Waals surface area contributed by atoms with Crippen LogP contribution in [0.1, 0.15) is 30.2 Å². The number of rotatable bonds is 7. The number of amides is 1. The number of anilines is 1. The summed E-state index contributed by atoms with van der Waals surface area (Å²) in [7, 11) is 0. The van der Waals surface area contributed by atoms with E-state index in [4.69, 9.17) is 9.72 Å². The molecule has 0 aliphatic heterocycles. The van der Waals surface area contributed by atoms with Crippen LogP contribution in [-0.4, -0.2) is 27.8 Å². The number of hydrogen-bond donors (Lipinski definition) is 1. The lowest BCUT2D eigenvalue weighted by atomic mass is 9.97. The van der Waals surface area contributed by atoms with Crippen molar-refractivity contribution in [3.8, 4) is 11.4 Å². The maximum atomic E-state index is 13.8. The first-order valence-electron chi connectivity index (χ1n) is 11.4. The monoisotopic (exact) mass is 491 g/mol. The quantitative estimate of drug-likeness (QED) is 0.275. The third-order valence-electron chi connectivity index (χ3n) is 5.75. The molecular weight excluding hydrogens is 466 g/mol. The van der Waals surface area contributed by atoms with E-state index in [-0.39, 0.29) is 17.2 Å². The standard InChI is InChI=1S/C26H25N3O3S2/c1-2-32-19-14-12-18(13-15-19)29-25(31)23-20-10-6-7-11-21(20)34-24(23)28-26(29)33-16-22(30)27-17-8-4-3-5-9-17/h3-5,8-9,12-15H,2,6-7,10-11,16H2,1H3,(H,27,30). The highest BCUT2D eigenvalue weighted by molar-refractivity contribution is 7.99. The van der Waals surface area contributed by atoms with Gasteiger partial charge in [0.15, 0.2) is 5.16 Å². The van der Waals surface area contributed by atoms with Crippen LogP contribution in [0.2, 0.25) is 0 Å². The number of nitrogens with zero attached hydrogens (tertiary/aromatic N) is 2. The van der Waals surface area contributed by atoms with E-state index >= 15 is 0 Å². The Labute approximate surface area is 206 Å². The van der Waals surface area contributed by atoms with Crippen molar-refractivity contribution < 1.29 is 9.53 Å². The van der Waals surface area contributed by atoms with E-state index in [9.17, 15) is 9.59 Å². The molecule has 1 amide bonds. The highest BCUT2D eigenvalue weighted by Crippen LogP contribution is 2.35. The molecule has 2 heterocycles. The van der Waals surface area contributed by atoms with Gasteiger partial charge in [0.25, 0.3) is 5.56 Å². The van der Waals surface area contributed by atoms with Gasteiger partial charge >= 0.3 is 0 Å². The molecule has 2 aromatic heterocycles. The topological polar surface area (TPSA) is 73.2 Å². The van der Waals surface area contributed by atoms with Crippen LogP contribution in [-0.2, 0) is 17.6 Å². The smallest absolute Gasteiger partial charge is 0.267 e. The maximum absolute atomic E-state index is 13.8. The first-order valence-corrected chi connectivity index (χ1v) is 13.2. The number of ether oxygens (including phenoxy) is 1. The molecule has 5 rings (SSSR count). The first kappa shape index (κ1) is 22.7. The number of carbonyl (C=O) groups excluding carboxylic acids is 1. The Kier molecular flexibility index (Phi) is 6.69. The van der Waals surface area contributed by atoms with Gasteiger partial charge in [-0.15, -0.1) is 11.3 Å². The summed E-state index contributed by atoms with van der Waals surface area (Å²) >= 11 is 2.89. The second kappa shape index (κ2) is 10.0. The predicted molar refractivity (Wildman–Crippen MR) is 139 cm³/mol. The Balaban J connectivity index is 1.53. The zero-order valence-corrected chi connectivity index (χ0v) is 20.5. The number of para-hydroxylation sites is 1. The Morgan fingerprint density at radius 3 is 2.65 bits per heavy atom. The van der Waals surface area contributed by atoms with Crippen molar-refractivity contribution in [2.45, 2.75) is 37.8 Å². The van der Waals surface area contributed by atoms with Gasteiger partial charge in [-0.3, -0.25) is 14.2 Å². The molecule has 0 atom stereocenters. The van der Waals surface area contributed by atoms with Crippen molar-refractivity contribution in [2.75, 3.05) is 17.7 Å². The van der Waals surface area contributed by atoms with Crippen LogP contribution in [0.3, 0.4) is 0 Å². The maximum Gasteiger partial charge on any atom is 0.267 e. The van der Waals surface area contributed by atoms with Crippen LogP contribution in [0.15, 0.2) is 64.5 Å². The number of nitrogens with one attached hydrogen (secondary N) is 1. The van der Waals surface area contributed by atoms with E-state index in [0.717, 1.165) is 52.9 Å². The number of aromatic nitrogens is 2. The number of thiophene rings is 1. The average Bonchev–Trinajstić information content (AvgIpc) is 3.23. The summed E-state index contributed by atoms with van der Waals surface area (Å²) < 4.78 is 7.20. The molecule has 6 nitrogen and oxygen atoms in total. The van der Waals surface area contributed by atoms with E-state index < -0.39 is 0 Å².